The second-order valence-electron chi connectivity index (χ2n) is 9.65. The summed E-state index contributed by atoms with van der Waals surface area (Å²) in [5, 5.41) is 10.6. The van der Waals surface area contributed by atoms with Gasteiger partial charge in [0.05, 0.1) is 6.10 Å². The van der Waals surface area contributed by atoms with Gasteiger partial charge in [-0.05, 0) is 69.6 Å². The van der Waals surface area contributed by atoms with E-state index in [4.69, 9.17) is 0 Å². The number of hydrogen-bond donors (Lipinski definition) is 1. The number of unbranched alkanes of at least 4 members (excludes halogenated alkanes) is 3. The Morgan fingerprint density at radius 2 is 1.80 bits per heavy atom. The predicted octanol–water partition coefficient (Wildman–Crippen LogP) is 6.44. The van der Waals surface area contributed by atoms with E-state index in [9.17, 15) is 9.90 Å². The lowest BCUT2D eigenvalue weighted by molar-refractivity contribution is -0.128. The first-order valence-electron chi connectivity index (χ1n) is 12.4. The molecule has 0 unspecified atom stereocenters. The first kappa shape index (κ1) is 24.9. The second kappa shape index (κ2) is 13.1. The Morgan fingerprint density at radius 1 is 1.10 bits per heavy atom. The van der Waals surface area contributed by atoms with E-state index < -0.39 is 0 Å². The summed E-state index contributed by atoms with van der Waals surface area (Å²) >= 11 is 0. The topological polar surface area (TPSA) is 40.5 Å². The van der Waals surface area contributed by atoms with Crippen LogP contribution in [0.15, 0.2) is 35.5 Å². The molecular formula is C27H45NO2. The first-order chi connectivity index (χ1) is 14.5. The van der Waals surface area contributed by atoms with Gasteiger partial charge in [0.2, 0.25) is 5.91 Å². The SMILES string of the molecule is CCCCC(=CC=C[C@@H]1[C@H]2CC(CCCCC(=O)N(C)C)=C[C@H]2C[C@H]1O)CCCC. The Morgan fingerprint density at radius 3 is 2.43 bits per heavy atom. The van der Waals surface area contributed by atoms with E-state index in [1.807, 2.05) is 14.1 Å². The zero-order valence-electron chi connectivity index (χ0n) is 19.9. The third-order valence-electron chi connectivity index (χ3n) is 6.96. The normalized spacial score (nSPS) is 25.4. The van der Waals surface area contributed by atoms with E-state index in [1.165, 1.54) is 38.5 Å². The van der Waals surface area contributed by atoms with Crippen molar-refractivity contribution in [1.82, 2.24) is 4.90 Å². The fraction of sp³-hybridized carbons (Fsp3) is 0.741. The molecule has 0 spiro atoms. The Hall–Kier alpha value is -1.35. The van der Waals surface area contributed by atoms with Crippen LogP contribution in [-0.4, -0.2) is 36.1 Å². The first-order valence-corrected chi connectivity index (χ1v) is 12.4. The number of aliphatic hydroxyl groups is 1. The smallest absolute Gasteiger partial charge is 0.222 e. The summed E-state index contributed by atoms with van der Waals surface area (Å²) in [5.41, 5.74) is 3.12. The van der Waals surface area contributed by atoms with E-state index >= 15 is 0 Å². The number of fused-ring (bicyclic) bond motifs is 1. The van der Waals surface area contributed by atoms with Crippen LogP contribution in [-0.2, 0) is 4.79 Å². The van der Waals surface area contributed by atoms with Gasteiger partial charge in [0.1, 0.15) is 0 Å². The molecule has 0 aromatic carbocycles. The van der Waals surface area contributed by atoms with Crippen molar-refractivity contribution in [2.75, 3.05) is 14.1 Å². The Bertz CT molecular complexity index is 606. The van der Waals surface area contributed by atoms with Gasteiger partial charge in [-0.25, -0.2) is 0 Å². The van der Waals surface area contributed by atoms with Crippen LogP contribution in [0, 0.1) is 17.8 Å². The molecule has 2 aliphatic rings. The summed E-state index contributed by atoms with van der Waals surface area (Å²) in [4.78, 5) is 13.4. The van der Waals surface area contributed by atoms with Crippen LogP contribution in [0.25, 0.3) is 0 Å². The molecule has 0 aliphatic heterocycles. The Labute approximate surface area is 185 Å². The molecule has 0 saturated heterocycles. The molecule has 3 heteroatoms. The van der Waals surface area contributed by atoms with Crippen LogP contribution in [0.1, 0.15) is 90.9 Å². The van der Waals surface area contributed by atoms with E-state index in [0.29, 0.717) is 18.3 Å². The van der Waals surface area contributed by atoms with Gasteiger partial charge in [0.25, 0.3) is 0 Å². The molecule has 1 saturated carbocycles. The number of carbonyl (C=O) groups is 1. The van der Waals surface area contributed by atoms with E-state index in [0.717, 1.165) is 32.1 Å². The zero-order chi connectivity index (χ0) is 21.9. The van der Waals surface area contributed by atoms with Crippen molar-refractivity contribution in [3.05, 3.63) is 35.5 Å². The predicted molar refractivity (Wildman–Crippen MR) is 127 cm³/mol. The van der Waals surface area contributed by atoms with E-state index in [1.54, 1.807) is 16.0 Å². The van der Waals surface area contributed by atoms with Crippen molar-refractivity contribution in [2.24, 2.45) is 17.8 Å². The molecule has 0 aromatic rings. The van der Waals surface area contributed by atoms with Crippen molar-refractivity contribution < 1.29 is 9.90 Å². The highest BCUT2D eigenvalue weighted by Crippen LogP contribution is 2.48. The second-order valence-corrected chi connectivity index (χ2v) is 9.65. The maximum atomic E-state index is 11.7. The quantitative estimate of drug-likeness (QED) is 0.213. The van der Waals surface area contributed by atoms with Gasteiger partial charge >= 0.3 is 0 Å². The molecule has 1 fully saturated rings. The lowest BCUT2D eigenvalue weighted by Gasteiger charge is -2.18. The fourth-order valence-corrected chi connectivity index (χ4v) is 5.06. The van der Waals surface area contributed by atoms with Crippen molar-refractivity contribution in [3.8, 4) is 0 Å². The summed E-state index contributed by atoms with van der Waals surface area (Å²) in [6, 6.07) is 0. The molecule has 2 aliphatic carbocycles. The van der Waals surface area contributed by atoms with Crippen molar-refractivity contribution in [2.45, 2.75) is 97.0 Å². The van der Waals surface area contributed by atoms with E-state index in [2.05, 4.69) is 38.2 Å². The molecule has 0 bridgehead atoms. The van der Waals surface area contributed by atoms with Crippen molar-refractivity contribution in [3.63, 3.8) is 0 Å². The monoisotopic (exact) mass is 415 g/mol. The molecule has 170 valence electrons. The number of nitrogens with zero attached hydrogens (tertiary/aromatic N) is 1. The minimum absolute atomic E-state index is 0.199. The van der Waals surface area contributed by atoms with Crippen LogP contribution < -0.4 is 0 Å². The minimum Gasteiger partial charge on any atom is -0.392 e. The lowest BCUT2D eigenvalue weighted by atomic mass is 9.88. The summed E-state index contributed by atoms with van der Waals surface area (Å²) in [6.07, 6.45) is 22.4. The number of allylic oxidation sites excluding steroid dienone is 5. The van der Waals surface area contributed by atoms with Crippen molar-refractivity contribution >= 4 is 5.91 Å². The molecule has 0 radical (unpaired) electrons. The Kier molecular flexibility index (Phi) is 10.9. The molecule has 2 rings (SSSR count). The maximum absolute atomic E-state index is 11.7. The molecule has 4 atom stereocenters. The number of carbonyl (C=O) groups excluding carboxylic acids is 1. The van der Waals surface area contributed by atoms with Gasteiger partial charge in [-0.3, -0.25) is 4.79 Å². The molecule has 1 amide bonds. The summed E-state index contributed by atoms with van der Waals surface area (Å²) < 4.78 is 0. The van der Waals surface area contributed by atoms with Crippen LogP contribution >= 0.6 is 0 Å². The number of hydrogen-bond acceptors (Lipinski definition) is 2. The van der Waals surface area contributed by atoms with Gasteiger partial charge in [0.15, 0.2) is 0 Å². The standard InChI is InChI=1S/C27H45NO2/c1-5-7-12-21(13-8-6-2)15-11-16-24-25-19-22(18-23(25)20-26(24)29)14-9-10-17-27(30)28(3)4/h11,15-16,18,23-26,29H,5-10,12-14,17,19-20H2,1-4H3/t23-,24+,25-,26+/m0/s1. The van der Waals surface area contributed by atoms with Gasteiger partial charge in [-0.2, -0.15) is 0 Å². The highest BCUT2D eigenvalue weighted by atomic mass is 16.3. The van der Waals surface area contributed by atoms with Gasteiger partial charge in [0, 0.05) is 26.4 Å². The van der Waals surface area contributed by atoms with Crippen molar-refractivity contribution in [1.29, 1.82) is 0 Å². The Balaban J connectivity index is 1.84. The number of amides is 1. The van der Waals surface area contributed by atoms with Crippen LogP contribution in [0.4, 0.5) is 0 Å². The van der Waals surface area contributed by atoms with Gasteiger partial charge < -0.3 is 10.0 Å². The average molecular weight is 416 g/mol. The molecule has 0 heterocycles. The molecule has 3 nitrogen and oxygen atoms in total. The number of aliphatic hydroxyl groups excluding tert-OH is 1. The molecule has 0 aromatic heterocycles. The van der Waals surface area contributed by atoms with Gasteiger partial charge in [-0.1, -0.05) is 62.1 Å². The highest BCUT2D eigenvalue weighted by molar-refractivity contribution is 5.75. The zero-order valence-corrected chi connectivity index (χ0v) is 19.9. The molecule has 30 heavy (non-hydrogen) atoms. The summed E-state index contributed by atoms with van der Waals surface area (Å²) in [6.45, 7) is 4.51. The van der Waals surface area contributed by atoms with E-state index in [-0.39, 0.29) is 17.9 Å². The third-order valence-corrected chi connectivity index (χ3v) is 6.96. The molecule has 1 N–H and O–H groups in total. The largest absolute Gasteiger partial charge is 0.392 e. The number of rotatable bonds is 13. The van der Waals surface area contributed by atoms with Crippen LogP contribution in [0.5, 0.6) is 0 Å². The van der Waals surface area contributed by atoms with Crippen LogP contribution in [0.3, 0.4) is 0 Å². The maximum Gasteiger partial charge on any atom is 0.222 e. The minimum atomic E-state index is -0.199. The average Bonchev–Trinajstić information content (AvgIpc) is 3.23. The third kappa shape index (κ3) is 7.72. The summed E-state index contributed by atoms with van der Waals surface area (Å²) in [7, 11) is 3.65. The fourth-order valence-electron chi connectivity index (χ4n) is 5.06. The highest BCUT2D eigenvalue weighted by Gasteiger charge is 2.43. The lowest BCUT2D eigenvalue weighted by Crippen LogP contribution is -2.21. The van der Waals surface area contributed by atoms with Gasteiger partial charge in [-0.15, -0.1) is 0 Å². The summed E-state index contributed by atoms with van der Waals surface area (Å²) in [5.74, 6) is 1.62. The van der Waals surface area contributed by atoms with Crippen LogP contribution in [0.2, 0.25) is 0 Å². The molecular weight excluding hydrogens is 370 g/mol.